The summed E-state index contributed by atoms with van der Waals surface area (Å²) in [5.41, 5.74) is 1.32. The predicted octanol–water partition coefficient (Wildman–Crippen LogP) is 2.79. The molecule has 0 radical (unpaired) electrons. The fourth-order valence-corrected chi connectivity index (χ4v) is 1.60. The first-order chi connectivity index (χ1) is 9.40. The molecule has 0 saturated carbocycles. The van der Waals surface area contributed by atoms with Crippen LogP contribution in [-0.4, -0.2) is 31.1 Å². The van der Waals surface area contributed by atoms with E-state index in [1.807, 2.05) is 32.9 Å². The minimum Gasteiger partial charge on any atom is -0.460 e. The highest BCUT2D eigenvalue weighted by Crippen LogP contribution is 2.08. The molecule has 4 heteroatoms. The lowest BCUT2D eigenvalue weighted by atomic mass is 10.1. The summed E-state index contributed by atoms with van der Waals surface area (Å²) in [5.74, 6) is -0.243. The zero-order valence-corrected chi connectivity index (χ0v) is 12.3. The molecule has 0 heterocycles. The Labute approximate surface area is 120 Å². The molecule has 0 unspecified atom stereocenters. The second-order valence-corrected chi connectivity index (χ2v) is 5.56. The number of ether oxygens (including phenoxy) is 2. The van der Waals surface area contributed by atoms with Crippen LogP contribution in [0, 0.1) is 0 Å². The zero-order chi connectivity index (χ0) is 15.0. The van der Waals surface area contributed by atoms with E-state index in [1.165, 1.54) is 0 Å². The van der Waals surface area contributed by atoms with Gasteiger partial charge in [0.25, 0.3) is 0 Å². The van der Waals surface area contributed by atoms with Gasteiger partial charge in [-0.1, -0.05) is 24.3 Å². The van der Waals surface area contributed by atoms with Gasteiger partial charge in [0.2, 0.25) is 0 Å². The maximum atomic E-state index is 11.4. The van der Waals surface area contributed by atoms with E-state index >= 15 is 0 Å². The molecule has 0 aliphatic carbocycles. The summed E-state index contributed by atoms with van der Waals surface area (Å²) in [5, 5.41) is 0. The van der Waals surface area contributed by atoms with Gasteiger partial charge >= 0.3 is 5.97 Å². The van der Waals surface area contributed by atoms with Crippen LogP contribution < -0.4 is 0 Å². The third kappa shape index (κ3) is 7.04. The Balaban J connectivity index is 2.15. The lowest BCUT2D eigenvalue weighted by molar-refractivity contribution is -0.156. The van der Waals surface area contributed by atoms with Crippen molar-refractivity contribution in [3.8, 4) is 0 Å². The Bertz CT molecular complexity index is 429. The third-order valence-electron chi connectivity index (χ3n) is 2.52. The van der Waals surface area contributed by atoms with Crippen molar-refractivity contribution in [3.63, 3.8) is 0 Å². The van der Waals surface area contributed by atoms with Gasteiger partial charge in [0.15, 0.2) is 0 Å². The maximum Gasteiger partial charge on any atom is 0.308 e. The van der Waals surface area contributed by atoms with Crippen LogP contribution in [0.3, 0.4) is 0 Å². The van der Waals surface area contributed by atoms with Crippen molar-refractivity contribution >= 4 is 12.3 Å². The molecule has 1 aromatic rings. The highest BCUT2D eigenvalue weighted by Gasteiger charge is 2.15. The molecule has 4 nitrogen and oxygen atoms in total. The average molecular weight is 278 g/mol. The van der Waals surface area contributed by atoms with Crippen molar-refractivity contribution in [2.75, 3.05) is 13.2 Å². The predicted molar refractivity (Wildman–Crippen MR) is 76.8 cm³/mol. The second kappa shape index (κ2) is 7.80. The van der Waals surface area contributed by atoms with E-state index in [9.17, 15) is 9.59 Å². The number of benzene rings is 1. The van der Waals surface area contributed by atoms with Crippen molar-refractivity contribution in [2.45, 2.75) is 39.2 Å². The standard InChI is InChI=1S/C16H22O4/c1-16(2,3)20-15(18)9-11-19-10-8-13-4-6-14(12-17)7-5-13/h4-7,12H,8-11H2,1-3H3. The number of hydrogen-bond acceptors (Lipinski definition) is 4. The number of hydrogen-bond donors (Lipinski definition) is 0. The molecule has 0 aliphatic heterocycles. The van der Waals surface area contributed by atoms with Crippen molar-refractivity contribution in [3.05, 3.63) is 35.4 Å². The monoisotopic (exact) mass is 278 g/mol. The molecule has 0 aromatic heterocycles. The van der Waals surface area contributed by atoms with Gasteiger partial charge in [-0.25, -0.2) is 0 Å². The van der Waals surface area contributed by atoms with Crippen LogP contribution >= 0.6 is 0 Å². The summed E-state index contributed by atoms with van der Waals surface area (Å²) in [6.45, 7) is 6.43. The Morgan fingerprint density at radius 3 is 2.35 bits per heavy atom. The molecular weight excluding hydrogens is 256 g/mol. The average Bonchev–Trinajstić information content (AvgIpc) is 2.37. The van der Waals surface area contributed by atoms with Gasteiger partial charge in [-0.15, -0.1) is 0 Å². The fraction of sp³-hybridized carbons (Fsp3) is 0.500. The van der Waals surface area contributed by atoms with Crippen LogP contribution in [0.5, 0.6) is 0 Å². The topological polar surface area (TPSA) is 52.6 Å². The first kappa shape index (κ1) is 16.4. The van der Waals surface area contributed by atoms with Crippen molar-refractivity contribution < 1.29 is 19.1 Å². The summed E-state index contributed by atoms with van der Waals surface area (Å²) >= 11 is 0. The molecule has 110 valence electrons. The molecule has 1 rings (SSSR count). The molecule has 1 aromatic carbocycles. The minimum absolute atomic E-state index is 0.243. The second-order valence-electron chi connectivity index (χ2n) is 5.56. The van der Waals surface area contributed by atoms with E-state index in [1.54, 1.807) is 12.1 Å². The van der Waals surface area contributed by atoms with Gasteiger partial charge in [-0.3, -0.25) is 9.59 Å². The quantitative estimate of drug-likeness (QED) is 0.437. The summed E-state index contributed by atoms with van der Waals surface area (Å²) in [7, 11) is 0. The van der Waals surface area contributed by atoms with Crippen LogP contribution in [0.4, 0.5) is 0 Å². The number of esters is 1. The van der Waals surface area contributed by atoms with E-state index in [2.05, 4.69) is 0 Å². The summed E-state index contributed by atoms with van der Waals surface area (Å²) in [6.07, 6.45) is 1.84. The highest BCUT2D eigenvalue weighted by atomic mass is 16.6. The Morgan fingerprint density at radius 2 is 1.80 bits per heavy atom. The summed E-state index contributed by atoms with van der Waals surface area (Å²) in [6, 6.07) is 7.37. The molecule has 0 aliphatic rings. The van der Waals surface area contributed by atoms with Crippen molar-refractivity contribution in [1.82, 2.24) is 0 Å². The van der Waals surface area contributed by atoms with E-state index in [4.69, 9.17) is 9.47 Å². The molecule has 0 N–H and O–H groups in total. The Kier molecular flexibility index (Phi) is 6.39. The minimum atomic E-state index is -0.447. The van der Waals surface area contributed by atoms with Crippen LogP contribution in [0.1, 0.15) is 43.1 Å². The van der Waals surface area contributed by atoms with Gasteiger partial charge in [0.1, 0.15) is 11.9 Å². The molecular formula is C16H22O4. The van der Waals surface area contributed by atoms with Crippen LogP contribution in [0.15, 0.2) is 24.3 Å². The molecule has 0 saturated heterocycles. The SMILES string of the molecule is CC(C)(C)OC(=O)CCOCCc1ccc(C=O)cc1. The van der Waals surface area contributed by atoms with Crippen LogP contribution in [0.25, 0.3) is 0 Å². The lowest BCUT2D eigenvalue weighted by Crippen LogP contribution is -2.24. The third-order valence-corrected chi connectivity index (χ3v) is 2.52. The number of carbonyl (C=O) groups is 2. The molecule has 0 spiro atoms. The molecule has 0 amide bonds. The van der Waals surface area contributed by atoms with E-state index in [0.29, 0.717) is 18.8 Å². The fourth-order valence-electron chi connectivity index (χ4n) is 1.60. The van der Waals surface area contributed by atoms with Crippen LogP contribution in [-0.2, 0) is 20.7 Å². The molecule has 0 bridgehead atoms. The normalized spacial score (nSPS) is 11.2. The largest absolute Gasteiger partial charge is 0.460 e. The van der Waals surface area contributed by atoms with E-state index < -0.39 is 5.60 Å². The van der Waals surface area contributed by atoms with Gasteiger partial charge < -0.3 is 9.47 Å². The Hall–Kier alpha value is -1.68. The first-order valence-corrected chi connectivity index (χ1v) is 6.74. The van der Waals surface area contributed by atoms with Crippen molar-refractivity contribution in [1.29, 1.82) is 0 Å². The molecule has 0 atom stereocenters. The lowest BCUT2D eigenvalue weighted by Gasteiger charge is -2.19. The maximum absolute atomic E-state index is 11.4. The number of aldehydes is 1. The first-order valence-electron chi connectivity index (χ1n) is 6.74. The van der Waals surface area contributed by atoms with E-state index in [0.717, 1.165) is 18.3 Å². The summed E-state index contributed by atoms with van der Waals surface area (Å²) < 4.78 is 10.6. The zero-order valence-electron chi connectivity index (χ0n) is 12.3. The highest BCUT2D eigenvalue weighted by molar-refractivity contribution is 5.74. The molecule has 20 heavy (non-hydrogen) atoms. The van der Waals surface area contributed by atoms with Crippen LogP contribution in [0.2, 0.25) is 0 Å². The molecule has 0 fully saturated rings. The van der Waals surface area contributed by atoms with E-state index in [-0.39, 0.29) is 12.4 Å². The smallest absolute Gasteiger partial charge is 0.308 e. The Morgan fingerprint density at radius 1 is 1.15 bits per heavy atom. The van der Waals surface area contributed by atoms with Gasteiger partial charge in [0, 0.05) is 5.56 Å². The van der Waals surface area contributed by atoms with Crippen molar-refractivity contribution in [2.24, 2.45) is 0 Å². The number of rotatable bonds is 7. The van der Waals surface area contributed by atoms with Gasteiger partial charge in [0.05, 0.1) is 19.6 Å². The van der Waals surface area contributed by atoms with Gasteiger partial charge in [-0.05, 0) is 32.8 Å². The summed E-state index contributed by atoms with van der Waals surface area (Å²) in [4.78, 5) is 21.9. The van der Waals surface area contributed by atoms with Gasteiger partial charge in [-0.2, -0.15) is 0 Å². The number of carbonyl (C=O) groups excluding carboxylic acids is 2.